The van der Waals surface area contributed by atoms with E-state index in [1.807, 2.05) is 0 Å². The fraction of sp³-hybridized carbons (Fsp3) is 0.111. The molecule has 0 spiro atoms. The van der Waals surface area contributed by atoms with Gasteiger partial charge in [-0.05, 0) is 74.5 Å². The largest absolute Gasteiger partial charge is 0.442 e. The molecule has 0 radical (unpaired) electrons. The fourth-order valence-electron chi connectivity index (χ4n) is 4.91. The van der Waals surface area contributed by atoms with Crippen molar-refractivity contribution in [3.63, 3.8) is 0 Å². The highest BCUT2D eigenvalue weighted by Gasteiger charge is 2.38. The van der Waals surface area contributed by atoms with Gasteiger partial charge < -0.3 is 20.9 Å². The van der Waals surface area contributed by atoms with Crippen molar-refractivity contribution in [1.82, 2.24) is 0 Å². The highest BCUT2D eigenvalue weighted by molar-refractivity contribution is 5.92. The molecule has 6 nitrogen and oxygen atoms in total. The Kier molecular flexibility index (Phi) is 10.1. The minimum absolute atomic E-state index is 0.220. The smallest absolute Gasteiger partial charge is 0.332 e. The first-order valence-corrected chi connectivity index (χ1v) is 13.9. The van der Waals surface area contributed by atoms with Gasteiger partial charge in [0.2, 0.25) is 0 Å². The molecule has 0 aliphatic carbocycles. The second kappa shape index (κ2) is 14.0. The summed E-state index contributed by atoms with van der Waals surface area (Å²) in [7, 11) is 0. The first-order valence-electron chi connectivity index (χ1n) is 13.9. The van der Waals surface area contributed by atoms with Crippen LogP contribution >= 0.6 is 0 Å². The van der Waals surface area contributed by atoms with Crippen molar-refractivity contribution in [2.75, 3.05) is 0 Å². The number of rotatable bonds is 10. The summed E-state index contributed by atoms with van der Waals surface area (Å²) in [5.74, 6) is -4.28. The summed E-state index contributed by atoms with van der Waals surface area (Å²) in [6.07, 6.45) is 4.42. The molecule has 4 rings (SSSR count). The SMILES string of the molecule is CC(N)=CC(OC(=O)/C=C/C(=O)OC(C=C(C)N)(c1ccc(F)cc1)c1ccc(F)cc1)(c1ccc(F)cc1)c1ccc(F)cc1. The van der Waals surface area contributed by atoms with Crippen molar-refractivity contribution in [3.05, 3.63) is 178 Å². The van der Waals surface area contributed by atoms with E-state index < -0.39 is 46.4 Å². The fourth-order valence-corrected chi connectivity index (χ4v) is 4.91. The summed E-state index contributed by atoms with van der Waals surface area (Å²) in [6, 6.07) is 20.3. The molecule has 0 saturated heterocycles. The lowest BCUT2D eigenvalue weighted by Gasteiger charge is -2.32. The van der Waals surface area contributed by atoms with Crippen LogP contribution in [0.15, 0.2) is 133 Å². The average molecular weight is 631 g/mol. The van der Waals surface area contributed by atoms with Gasteiger partial charge in [-0.3, -0.25) is 0 Å². The standard InChI is InChI=1S/C36H30F4N2O4/c1-23(41)21-35(25-3-11-29(37)12-4-25,26-5-13-30(38)14-6-26)45-33(43)19-20-34(44)46-36(22-24(2)42,27-7-15-31(39)16-8-27)28-9-17-32(40)18-10-28/h3-22H,41-42H2,1-2H3/b20-19+,23-21?,24-22?. The predicted molar refractivity (Wildman–Crippen MR) is 164 cm³/mol. The van der Waals surface area contributed by atoms with Gasteiger partial charge in [0, 0.05) is 45.8 Å². The molecular weight excluding hydrogens is 600 g/mol. The Morgan fingerprint density at radius 1 is 0.500 bits per heavy atom. The van der Waals surface area contributed by atoms with Crippen molar-refractivity contribution in [3.8, 4) is 0 Å². The monoisotopic (exact) mass is 630 g/mol. The Morgan fingerprint density at radius 2 is 0.717 bits per heavy atom. The van der Waals surface area contributed by atoms with Gasteiger partial charge in [-0.25, -0.2) is 27.2 Å². The molecule has 0 aromatic heterocycles. The van der Waals surface area contributed by atoms with Crippen molar-refractivity contribution in [1.29, 1.82) is 0 Å². The molecule has 4 aromatic carbocycles. The Balaban J connectivity index is 1.74. The lowest BCUT2D eigenvalue weighted by molar-refractivity contribution is -0.149. The van der Waals surface area contributed by atoms with E-state index >= 15 is 0 Å². The molecule has 0 bridgehead atoms. The molecule has 0 heterocycles. The molecule has 0 fully saturated rings. The summed E-state index contributed by atoms with van der Waals surface area (Å²) in [5, 5.41) is 0. The maximum Gasteiger partial charge on any atom is 0.332 e. The molecule has 4 N–H and O–H groups in total. The van der Waals surface area contributed by atoms with Gasteiger partial charge >= 0.3 is 11.9 Å². The maximum absolute atomic E-state index is 13.9. The second-order valence-corrected chi connectivity index (χ2v) is 10.5. The zero-order valence-corrected chi connectivity index (χ0v) is 24.8. The molecule has 46 heavy (non-hydrogen) atoms. The third-order valence-corrected chi connectivity index (χ3v) is 6.83. The number of hydrogen-bond donors (Lipinski definition) is 2. The number of benzene rings is 4. The van der Waals surface area contributed by atoms with Crippen molar-refractivity contribution >= 4 is 11.9 Å². The molecule has 10 heteroatoms. The van der Waals surface area contributed by atoms with Crippen LogP contribution < -0.4 is 11.5 Å². The molecule has 4 aromatic rings. The van der Waals surface area contributed by atoms with Gasteiger partial charge in [0.25, 0.3) is 0 Å². The highest BCUT2D eigenvalue weighted by atomic mass is 19.1. The number of hydrogen-bond acceptors (Lipinski definition) is 6. The van der Waals surface area contributed by atoms with Crippen LogP contribution in [0.25, 0.3) is 0 Å². The summed E-state index contributed by atoms with van der Waals surface area (Å²) in [4.78, 5) is 26.7. The number of esters is 2. The van der Waals surface area contributed by atoms with Gasteiger partial charge in [-0.15, -0.1) is 0 Å². The normalized spacial score (nSPS) is 12.7. The van der Waals surface area contributed by atoms with Crippen LogP contribution in [0, 0.1) is 23.3 Å². The molecule has 236 valence electrons. The molecule has 0 unspecified atom stereocenters. The maximum atomic E-state index is 13.9. The zero-order chi connectivity index (χ0) is 33.5. The van der Waals surface area contributed by atoms with Gasteiger partial charge in [-0.2, -0.15) is 0 Å². The lowest BCUT2D eigenvalue weighted by Crippen LogP contribution is -2.33. The van der Waals surface area contributed by atoms with Gasteiger partial charge in [0.15, 0.2) is 11.2 Å². The van der Waals surface area contributed by atoms with E-state index in [4.69, 9.17) is 20.9 Å². The van der Waals surface area contributed by atoms with E-state index in [-0.39, 0.29) is 33.6 Å². The summed E-state index contributed by atoms with van der Waals surface area (Å²) >= 11 is 0. The van der Waals surface area contributed by atoms with E-state index in [2.05, 4.69) is 0 Å². The molecule has 0 saturated carbocycles. The summed E-state index contributed by atoms with van der Waals surface area (Å²) in [6.45, 7) is 3.08. The van der Waals surface area contributed by atoms with E-state index in [0.29, 0.717) is 0 Å². The zero-order valence-electron chi connectivity index (χ0n) is 24.8. The van der Waals surface area contributed by atoms with Gasteiger partial charge in [-0.1, -0.05) is 48.5 Å². The minimum Gasteiger partial charge on any atom is -0.442 e. The summed E-state index contributed by atoms with van der Waals surface area (Å²) in [5.41, 5.74) is 10.1. The Bertz CT molecular complexity index is 1550. The predicted octanol–water partition coefficient (Wildman–Crippen LogP) is 6.80. The molecule has 0 amide bonds. The summed E-state index contributed by atoms with van der Waals surface area (Å²) < 4.78 is 67.2. The van der Waals surface area contributed by atoms with E-state index in [9.17, 15) is 27.2 Å². The quantitative estimate of drug-likeness (QED) is 0.114. The third-order valence-electron chi connectivity index (χ3n) is 6.83. The van der Waals surface area contributed by atoms with Crippen molar-refractivity contribution < 1.29 is 36.6 Å². The van der Waals surface area contributed by atoms with Crippen LogP contribution in [0.2, 0.25) is 0 Å². The van der Waals surface area contributed by atoms with Crippen molar-refractivity contribution in [2.24, 2.45) is 11.5 Å². The highest BCUT2D eigenvalue weighted by Crippen LogP contribution is 2.38. The van der Waals surface area contributed by atoms with Gasteiger partial charge in [0.1, 0.15) is 23.3 Å². The molecule has 0 aliphatic rings. The van der Waals surface area contributed by atoms with Crippen LogP contribution in [0.5, 0.6) is 0 Å². The molecule has 0 aliphatic heterocycles. The lowest BCUT2D eigenvalue weighted by atomic mass is 9.85. The first kappa shape index (κ1) is 33.3. The number of allylic oxidation sites excluding steroid dienone is 2. The number of carbonyl (C=O) groups is 2. The average Bonchev–Trinajstić information content (AvgIpc) is 3.00. The van der Waals surface area contributed by atoms with Crippen LogP contribution in [0.3, 0.4) is 0 Å². The number of halogens is 4. The van der Waals surface area contributed by atoms with E-state index in [1.165, 1.54) is 60.7 Å². The van der Waals surface area contributed by atoms with Crippen molar-refractivity contribution in [2.45, 2.75) is 25.0 Å². The van der Waals surface area contributed by atoms with Crippen LogP contribution in [-0.2, 0) is 30.3 Å². The van der Waals surface area contributed by atoms with Crippen LogP contribution in [0.1, 0.15) is 36.1 Å². The Labute approximate surface area is 263 Å². The number of ether oxygens (including phenoxy) is 2. The van der Waals surface area contributed by atoms with Crippen LogP contribution in [0.4, 0.5) is 17.6 Å². The molecule has 0 atom stereocenters. The Hall–Kier alpha value is -5.64. The first-order chi connectivity index (χ1) is 21.8. The van der Waals surface area contributed by atoms with E-state index in [0.717, 1.165) is 60.7 Å². The third kappa shape index (κ3) is 7.71. The van der Waals surface area contributed by atoms with Gasteiger partial charge in [0.05, 0.1) is 0 Å². The molecular formula is C36H30F4N2O4. The second-order valence-electron chi connectivity index (χ2n) is 10.5. The minimum atomic E-state index is -1.75. The van der Waals surface area contributed by atoms with Crippen LogP contribution in [-0.4, -0.2) is 11.9 Å². The van der Waals surface area contributed by atoms with E-state index in [1.54, 1.807) is 13.8 Å². The number of nitrogens with two attached hydrogens (primary N) is 2. The topological polar surface area (TPSA) is 105 Å². The Morgan fingerprint density at radius 3 is 0.913 bits per heavy atom. The number of carbonyl (C=O) groups excluding carboxylic acids is 2.